The van der Waals surface area contributed by atoms with Crippen LogP contribution in [-0.2, 0) is 18.6 Å². The first-order chi connectivity index (χ1) is 13.1. The van der Waals surface area contributed by atoms with Crippen LogP contribution in [0.4, 0.5) is 23.2 Å². The van der Waals surface area contributed by atoms with Crippen LogP contribution in [0.5, 0.6) is 0 Å². The number of fused-ring (bicyclic) bond motifs is 2. The number of halogens is 4. The van der Waals surface area contributed by atoms with Gasteiger partial charge in [-0.05, 0) is 30.2 Å². The van der Waals surface area contributed by atoms with Gasteiger partial charge in [0, 0.05) is 17.5 Å². The van der Waals surface area contributed by atoms with E-state index >= 15 is 0 Å². The maximum absolute atomic E-state index is 14.8. The SMILES string of the molecule is C[C@@]1(F)CC(F)(F)[C@]2(Cc3ccc(NC(=O)c4nc(CF)cs4)cc32)N=C1N. The van der Waals surface area contributed by atoms with Gasteiger partial charge in [-0.25, -0.2) is 22.5 Å². The molecule has 0 radical (unpaired) electrons. The van der Waals surface area contributed by atoms with Gasteiger partial charge in [-0.3, -0.25) is 9.79 Å². The van der Waals surface area contributed by atoms with Crippen LogP contribution in [-0.4, -0.2) is 28.3 Å². The molecule has 2 heterocycles. The molecule has 0 bridgehead atoms. The summed E-state index contributed by atoms with van der Waals surface area (Å²) < 4.78 is 56.5. The van der Waals surface area contributed by atoms with Gasteiger partial charge in [0.15, 0.2) is 16.2 Å². The van der Waals surface area contributed by atoms with Crippen LogP contribution in [0, 0.1) is 0 Å². The van der Waals surface area contributed by atoms with Crippen molar-refractivity contribution in [2.75, 3.05) is 5.32 Å². The summed E-state index contributed by atoms with van der Waals surface area (Å²) in [5.74, 6) is -4.46. The fraction of sp³-hybridized carbons (Fsp3) is 0.389. The van der Waals surface area contributed by atoms with Crippen LogP contribution >= 0.6 is 11.3 Å². The molecule has 28 heavy (non-hydrogen) atoms. The van der Waals surface area contributed by atoms with Gasteiger partial charge in [-0.1, -0.05) is 6.07 Å². The lowest BCUT2D eigenvalue weighted by Gasteiger charge is -2.50. The van der Waals surface area contributed by atoms with Crippen molar-refractivity contribution in [1.29, 1.82) is 0 Å². The number of alkyl halides is 4. The molecule has 4 rings (SSSR count). The third kappa shape index (κ3) is 2.69. The molecule has 0 saturated heterocycles. The minimum Gasteiger partial charge on any atom is -0.385 e. The van der Waals surface area contributed by atoms with Crippen LogP contribution in [0.2, 0.25) is 0 Å². The van der Waals surface area contributed by atoms with Gasteiger partial charge in [0.25, 0.3) is 11.8 Å². The maximum atomic E-state index is 14.8. The summed E-state index contributed by atoms with van der Waals surface area (Å²) in [5.41, 5.74) is 2.56. The predicted molar refractivity (Wildman–Crippen MR) is 97.4 cm³/mol. The fourth-order valence-electron chi connectivity index (χ4n) is 3.60. The number of aliphatic imine (C=N–C) groups is 1. The molecule has 1 amide bonds. The van der Waals surface area contributed by atoms with E-state index in [9.17, 15) is 22.4 Å². The van der Waals surface area contributed by atoms with Crippen LogP contribution < -0.4 is 11.1 Å². The van der Waals surface area contributed by atoms with Gasteiger partial charge < -0.3 is 11.1 Å². The molecule has 5 nitrogen and oxygen atoms in total. The van der Waals surface area contributed by atoms with Gasteiger partial charge in [0.1, 0.15) is 12.5 Å². The van der Waals surface area contributed by atoms with E-state index in [1.807, 2.05) is 0 Å². The number of amidine groups is 1. The van der Waals surface area contributed by atoms with E-state index in [2.05, 4.69) is 15.3 Å². The largest absolute Gasteiger partial charge is 0.385 e. The number of carbonyl (C=O) groups excluding carboxylic acids is 1. The summed E-state index contributed by atoms with van der Waals surface area (Å²) in [6, 6.07) is 4.57. The monoisotopic (exact) mass is 412 g/mol. The van der Waals surface area contributed by atoms with E-state index in [-0.39, 0.29) is 28.4 Å². The lowest BCUT2D eigenvalue weighted by atomic mass is 9.63. The maximum Gasteiger partial charge on any atom is 0.284 e. The minimum absolute atomic E-state index is 0.0588. The Bertz CT molecular complexity index is 1000. The standard InChI is InChI=1S/C18H16F4N4OS/c1-16(20)8-18(21,22)17(26-15(16)23)5-9-2-3-10(4-12(9)17)24-13(27)14-25-11(6-19)7-28-14/h2-4,7H,5-6,8H2,1H3,(H2,23,26)(H,24,27)/t16-,17-/m1/s1. The number of anilines is 1. The summed E-state index contributed by atoms with van der Waals surface area (Å²) in [5, 5.41) is 4.05. The van der Waals surface area contributed by atoms with Crippen LogP contribution in [0.3, 0.4) is 0 Å². The predicted octanol–water partition coefficient (Wildman–Crippen LogP) is 3.74. The molecule has 148 valence electrons. The Labute approximate surface area is 161 Å². The third-order valence-corrected chi connectivity index (χ3v) is 6.04. The molecule has 1 aliphatic heterocycles. The van der Waals surface area contributed by atoms with Crippen LogP contribution in [0.1, 0.15) is 40.0 Å². The van der Waals surface area contributed by atoms with Crippen LogP contribution in [0.15, 0.2) is 28.6 Å². The van der Waals surface area contributed by atoms with E-state index in [4.69, 9.17) is 5.73 Å². The number of hydrogen-bond acceptors (Lipinski definition) is 5. The first kappa shape index (κ1) is 18.9. The highest BCUT2D eigenvalue weighted by atomic mass is 32.1. The number of hydrogen-bond donors (Lipinski definition) is 2. The number of aromatic nitrogens is 1. The van der Waals surface area contributed by atoms with Crippen molar-refractivity contribution >= 4 is 28.8 Å². The lowest BCUT2D eigenvalue weighted by molar-refractivity contribution is -0.120. The molecule has 3 N–H and O–H groups in total. The van der Waals surface area contributed by atoms with Crippen LogP contribution in [0.25, 0.3) is 0 Å². The van der Waals surface area contributed by atoms with Gasteiger partial charge in [-0.2, -0.15) is 0 Å². The highest BCUT2D eigenvalue weighted by molar-refractivity contribution is 7.11. The molecule has 1 spiro atoms. The topological polar surface area (TPSA) is 80.4 Å². The molecule has 0 unspecified atom stereocenters. The van der Waals surface area contributed by atoms with Gasteiger partial charge in [0.05, 0.1) is 12.1 Å². The highest BCUT2D eigenvalue weighted by Gasteiger charge is 2.66. The number of thiazole rings is 1. The first-order valence-electron chi connectivity index (χ1n) is 8.46. The van der Waals surface area contributed by atoms with Crippen molar-refractivity contribution in [1.82, 2.24) is 4.98 Å². The van der Waals surface area contributed by atoms with Gasteiger partial charge in [0.2, 0.25) is 0 Å². The highest BCUT2D eigenvalue weighted by Crippen LogP contribution is 2.57. The number of nitrogens with two attached hydrogens (primary N) is 1. The molecule has 0 fully saturated rings. The second kappa shape index (κ2) is 6.00. The molecular weight excluding hydrogens is 396 g/mol. The molecular formula is C18H16F4N4OS. The van der Waals surface area contributed by atoms with Gasteiger partial charge in [-0.15, -0.1) is 11.3 Å². The summed E-state index contributed by atoms with van der Waals surface area (Å²) in [4.78, 5) is 20.0. The molecule has 10 heteroatoms. The molecule has 0 saturated carbocycles. The second-order valence-electron chi connectivity index (χ2n) is 7.22. The Hall–Kier alpha value is -2.49. The quantitative estimate of drug-likeness (QED) is 0.754. The molecule has 1 aromatic carbocycles. The van der Waals surface area contributed by atoms with E-state index < -0.39 is 42.0 Å². The molecule has 2 aliphatic rings. The minimum atomic E-state index is -3.43. The van der Waals surface area contributed by atoms with E-state index in [0.717, 1.165) is 18.3 Å². The average molecular weight is 412 g/mol. The number of nitrogens with zero attached hydrogens (tertiary/aromatic N) is 2. The summed E-state index contributed by atoms with van der Waals surface area (Å²) in [6.45, 7) is 0.204. The third-order valence-electron chi connectivity index (χ3n) is 5.15. The Morgan fingerprint density at radius 1 is 1.36 bits per heavy atom. The lowest BCUT2D eigenvalue weighted by Crippen LogP contribution is -2.61. The number of carbonyl (C=O) groups is 1. The zero-order chi connectivity index (χ0) is 20.3. The number of rotatable bonds is 3. The Morgan fingerprint density at radius 3 is 2.79 bits per heavy atom. The smallest absolute Gasteiger partial charge is 0.284 e. The summed E-state index contributed by atoms with van der Waals surface area (Å²) >= 11 is 0.981. The number of nitrogens with one attached hydrogen (secondary N) is 1. The number of amides is 1. The summed E-state index contributed by atoms with van der Waals surface area (Å²) in [6.07, 6.45) is -1.12. The van der Waals surface area contributed by atoms with Gasteiger partial charge >= 0.3 is 0 Å². The van der Waals surface area contributed by atoms with E-state index in [0.29, 0.717) is 5.56 Å². The van der Waals surface area contributed by atoms with Crippen molar-refractivity contribution in [3.63, 3.8) is 0 Å². The van der Waals surface area contributed by atoms with Crippen molar-refractivity contribution in [3.05, 3.63) is 45.4 Å². The first-order valence-corrected chi connectivity index (χ1v) is 9.34. The molecule has 1 aliphatic carbocycles. The van der Waals surface area contributed by atoms with E-state index in [1.54, 1.807) is 12.1 Å². The van der Waals surface area contributed by atoms with Crippen molar-refractivity contribution in [2.45, 2.75) is 43.6 Å². The Balaban J connectivity index is 1.65. The Kier molecular flexibility index (Phi) is 4.04. The van der Waals surface area contributed by atoms with Crippen molar-refractivity contribution in [3.8, 4) is 0 Å². The fourth-order valence-corrected chi connectivity index (χ4v) is 4.29. The Morgan fingerprint density at radius 2 is 2.11 bits per heavy atom. The molecule has 2 atom stereocenters. The zero-order valence-corrected chi connectivity index (χ0v) is 15.5. The average Bonchev–Trinajstić information content (AvgIpc) is 3.08. The zero-order valence-electron chi connectivity index (χ0n) is 14.7. The normalized spacial score (nSPS) is 27.7. The molecule has 2 aromatic rings. The van der Waals surface area contributed by atoms with Crippen molar-refractivity contribution < 1.29 is 22.4 Å². The second-order valence-corrected chi connectivity index (χ2v) is 8.07. The van der Waals surface area contributed by atoms with Crippen molar-refractivity contribution in [2.24, 2.45) is 10.7 Å². The number of benzene rings is 1. The molecule has 1 aromatic heterocycles. The summed E-state index contributed by atoms with van der Waals surface area (Å²) in [7, 11) is 0. The van der Waals surface area contributed by atoms with E-state index in [1.165, 1.54) is 11.4 Å².